The zero-order chi connectivity index (χ0) is 16.5. The summed E-state index contributed by atoms with van der Waals surface area (Å²) in [5.74, 6) is 0. The summed E-state index contributed by atoms with van der Waals surface area (Å²) < 4.78 is 26.6. The summed E-state index contributed by atoms with van der Waals surface area (Å²) in [4.78, 5) is 10.6. The van der Waals surface area contributed by atoms with Crippen LogP contribution in [0.15, 0.2) is 51.8 Å². The minimum atomic E-state index is -3.86. The third-order valence-corrected chi connectivity index (χ3v) is 5.43. The molecule has 8 heteroatoms. The third kappa shape index (κ3) is 3.12. The SMILES string of the molecule is Cc1ccc(S(=O)(=O)N(C)c2ccc(Br)cc2[N+](=O)[O-])cc1. The molecule has 22 heavy (non-hydrogen) atoms. The molecule has 0 saturated heterocycles. The van der Waals surface area contributed by atoms with Crippen LogP contribution in [0.3, 0.4) is 0 Å². The van der Waals surface area contributed by atoms with E-state index in [9.17, 15) is 18.5 Å². The molecule has 0 aliphatic rings. The molecule has 0 saturated carbocycles. The predicted octanol–water partition coefficient (Wildman–Crippen LogP) is 3.49. The number of halogens is 1. The first kappa shape index (κ1) is 16.4. The molecule has 0 amide bonds. The van der Waals surface area contributed by atoms with E-state index < -0.39 is 14.9 Å². The largest absolute Gasteiger partial charge is 0.294 e. The van der Waals surface area contributed by atoms with Crippen molar-refractivity contribution in [2.45, 2.75) is 11.8 Å². The first-order valence-electron chi connectivity index (χ1n) is 6.23. The fourth-order valence-corrected chi connectivity index (χ4v) is 3.47. The summed E-state index contributed by atoms with van der Waals surface area (Å²) >= 11 is 3.14. The van der Waals surface area contributed by atoms with Crippen molar-refractivity contribution >= 4 is 37.3 Å². The highest BCUT2D eigenvalue weighted by molar-refractivity contribution is 9.10. The smallest absolute Gasteiger partial charge is 0.262 e. The van der Waals surface area contributed by atoms with Gasteiger partial charge in [0.2, 0.25) is 0 Å². The van der Waals surface area contributed by atoms with Crippen molar-refractivity contribution in [1.29, 1.82) is 0 Å². The Balaban J connectivity index is 2.53. The monoisotopic (exact) mass is 384 g/mol. The van der Waals surface area contributed by atoms with E-state index >= 15 is 0 Å². The molecule has 2 rings (SSSR count). The van der Waals surface area contributed by atoms with Gasteiger partial charge in [-0.25, -0.2) is 8.42 Å². The number of aryl methyl sites for hydroxylation is 1. The summed E-state index contributed by atoms with van der Waals surface area (Å²) in [5, 5.41) is 11.1. The molecule has 2 aromatic rings. The van der Waals surface area contributed by atoms with E-state index in [1.165, 1.54) is 31.3 Å². The minimum absolute atomic E-state index is 0.00813. The molecule has 0 aliphatic heterocycles. The van der Waals surface area contributed by atoms with Crippen LogP contribution in [0.1, 0.15) is 5.56 Å². The van der Waals surface area contributed by atoms with Crippen LogP contribution in [0.25, 0.3) is 0 Å². The van der Waals surface area contributed by atoms with Crippen LogP contribution in [0.2, 0.25) is 0 Å². The third-order valence-electron chi connectivity index (χ3n) is 3.15. The van der Waals surface area contributed by atoms with Gasteiger partial charge in [0, 0.05) is 17.6 Å². The van der Waals surface area contributed by atoms with Crippen molar-refractivity contribution in [3.63, 3.8) is 0 Å². The Labute approximate surface area is 136 Å². The molecule has 0 atom stereocenters. The number of nitro groups is 1. The van der Waals surface area contributed by atoms with Crippen LogP contribution in [0.4, 0.5) is 11.4 Å². The van der Waals surface area contributed by atoms with Crippen LogP contribution in [-0.4, -0.2) is 20.4 Å². The van der Waals surface area contributed by atoms with Crippen LogP contribution in [0.5, 0.6) is 0 Å². The summed E-state index contributed by atoms with van der Waals surface area (Å²) in [7, 11) is -2.57. The maximum absolute atomic E-state index is 12.6. The normalized spacial score (nSPS) is 11.2. The summed E-state index contributed by atoms with van der Waals surface area (Å²) in [6.45, 7) is 1.85. The number of anilines is 1. The molecular weight excluding hydrogens is 372 g/mol. The van der Waals surface area contributed by atoms with Crippen molar-refractivity contribution in [2.24, 2.45) is 0 Å². The fourth-order valence-electron chi connectivity index (χ4n) is 1.91. The second-order valence-corrected chi connectivity index (χ2v) is 7.56. The number of hydrogen-bond donors (Lipinski definition) is 0. The Hall–Kier alpha value is -1.93. The van der Waals surface area contributed by atoms with E-state index in [2.05, 4.69) is 15.9 Å². The lowest BCUT2D eigenvalue weighted by atomic mass is 10.2. The van der Waals surface area contributed by atoms with Gasteiger partial charge in [-0.2, -0.15) is 0 Å². The Morgan fingerprint density at radius 1 is 1.14 bits per heavy atom. The van der Waals surface area contributed by atoms with Gasteiger partial charge in [0.15, 0.2) is 0 Å². The van der Waals surface area contributed by atoms with E-state index in [0.29, 0.717) is 4.47 Å². The predicted molar refractivity (Wildman–Crippen MR) is 87.6 cm³/mol. The summed E-state index contributed by atoms with van der Waals surface area (Å²) in [6.07, 6.45) is 0. The molecule has 0 aliphatic carbocycles. The van der Waals surface area contributed by atoms with Crippen molar-refractivity contribution in [3.05, 3.63) is 62.6 Å². The van der Waals surface area contributed by atoms with E-state index in [-0.39, 0.29) is 16.3 Å². The van der Waals surface area contributed by atoms with Crippen molar-refractivity contribution in [1.82, 2.24) is 0 Å². The van der Waals surface area contributed by atoms with Gasteiger partial charge in [-0.1, -0.05) is 33.6 Å². The molecule has 0 N–H and O–H groups in total. The lowest BCUT2D eigenvalue weighted by molar-refractivity contribution is -0.384. The zero-order valence-electron chi connectivity index (χ0n) is 11.9. The number of nitrogens with zero attached hydrogens (tertiary/aromatic N) is 2. The molecule has 6 nitrogen and oxygen atoms in total. The Morgan fingerprint density at radius 2 is 1.73 bits per heavy atom. The van der Waals surface area contributed by atoms with E-state index in [1.54, 1.807) is 18.2 Å². The molecule has 0 unspecified atom stereocenters. The Kier molecular flexibility index (Phi) is 4.52. The van der Waals surface area contributed by atoms with Gasteiger partial charge < -0.3 is 0 Å². The highest BCUT2D eigenvalue weighted by atomic mass is 79.9. The fraction of sp³-hybridized carbons (Fsp3) is 0.143. The molecule has 116 valence electrons. The van der Waals surface area contributed by atoms with Crippen molar-refractivity contribution in [3.8, 4) is 0 Å². The van der Waals surface area contributed by atoms with Crippen LogP contribution < -0.4 is 4.31 Å². The molecule has 0 heterocycles. The minimum Gasteiger partial charge on any atom is -0.262 e. The maximum Gasteiger partial charge on any atom is 0.294 e. The van der Waals surface area contributed by atoms with Crippen LogP contribution in [0, 0.1) is 17.0 Å². The zero-order valence-corrected chi connectivity index (χ0v) is 14.3. The number of benzene rings is 2. The van der Waals surface area contributed by atoms with Gasteiger partial charge in [0.1, 0.15) is 5.69 Å². The molecule has 2 aromatic carbocycles. The van der Waals surface area contributed by atoms with E-state index in [0.717, 1.165) is 9.87 Å². The van der Waals surface area contributed by atoms with Gasteiger partial charge in [-0.05, 0) is 31.2 Å². The molecule has 0 radical (unpaired) electrons. The quantitative estimate of drug-likeness (QED) is 0.596. The number of rotatable bonds is 4. The van der Waals surface area contributed by atoms with Gasteiger partial charge in [0.25, 0.3) is 15.7 Å². The number of sulfonamides is 1. The first-order valence-corrected chi connectivity index (χ1v) is 8.46. The van der Waals surface area contributed by atoms with Gasteiger partial charge in [-0.15, -0.1) is 0 Å². The van der Waals surface area contributed by atoms with Crippen molar-refractivity contribution in [2.75, 3.05) is 11.4 Å². The Bertz CT molecular complexity index is 819. The summed E-state index contributed by atoms with van der Waals surface area (Å²) in [5.41, 5.74) is 0.651. The van der Waals surface area contributed by atoms with Crippen LogP contribution in [-0.2, 0) is 10.0 Å². The van der Waals surface area contributed by atoms with Gasteiger partial charge in [0.05, 0.1) is 9.82 Å². The van der Waals surface area contributed by atoms with Gasteiger partial charge in [-0.3, -0.25) is 14.4 Å². The average molecular weight is 385 g/mol. The van der Waals surface area contributed by atoms with Gasteiger partial charge >= 0.3 is 0 Å². The second-order valence-electron chi connectivity index (χ2n) is 4.68. The highest BCUT2D eigenvalue weighted by Gasteiger charge is 2.27. The number of nitro benzene ring substituents is 1. The average Bonchev–Trinajstić information content (AvgIpc) is 2.46. The Morgan fingerprint density at radius 3 is 2.27 bits per heavy atom. The molecule has 0 spiro atoms. The van der Waals surface area contributed by atoms with Crippen LogP contribution >= 0.6 is 15.9 Å². The van der Waals surface area contributed by atoms with E-state index in [4.69, 9.17) is 0 Å². The summed E-state index contributed by atoms with van der Waals surface area (Å²) in [6, 6.07) is 10.5. The first-order chi connectivity index (χ1) is 10.2. The molecular formula is C14H13BrN2O4S. The molecule has 0 fully saturated rings. The lowest BCUT2D eigenvalue weighted by Crippen LogP contribution is -2.27. The van der Waals surface area contributed by atoms with E-state index in [1.807, 2.05) is 6.92 Å². The lowest BCUT2D eigenvalue weighted by Gasteiger charge is -2.19. The standard InChI is InChI=1S/C14H13BrN2O4S/c1-10-3-6-12(7-4-10)22(20,21)16(2)13-8-5-11(15)9-14(13)17(18)19/h3-9H,1-2H3. The highest BCUT2D eigenvalue weighted by Crippen LogP contribution is 2.33. The topological polar surface area (TPSA) is 80.5 Å². The number of hydrogen-bond acceptors (Lipinski definition) is 4. The van der Waals surface area contributed by atoms with Crippen molar-refractivity contribution < 1.29 is 13.3 Å². The molecule has 0 bridgehead atoms. The molecule has 0 aromatic heterocycles. The second kappa shape index (κ2) is 6.05. The maximum atomic E-state index is 12.6.